The Kier molecular flexibility index (Phi) is 9.31. The van der Waals surface area contributed by atoms with E-state index < -0.39 is 12.0 Å². The van der Waals surface area contributed by atoms with Crippen molar-refractivity contribution < 1.29 is 28.5 Å². The molecule has 5 aromatic rings. The van der Waals surface area contributed by atoms with Crippen LogP contribution in [0.25, 0.3) is 22.7 Å². The van der Waals surface area contributed by atoms with Gasteiger partial charge in [-0.1, -0.05) is 59.9 Å². The van der Waals surface area contributed by atoms with Crippen molar-refractivity contribution in [2.45, 2.75) is 33.4 Å². The Hall–Kier alpha value is -5.42. The number of carbonyl (C=O) groups is 2. The monoisotopic (exact) mass is 665 g/mol. The van der Waals surface area contributed by atoms with E-state index in [2.05, 4.69) is 0 Å². The van der Waals surface area contributed by atoms with Crippen molar-refractivity contribution in [3.8, 4) is 11.5 Å². The number of carbonyl (C=O) groups excluding carboxylic acids is 2. The summed E-state index contributed by atoms with van der Waals surface area (Å²) in [7, 11) is 3.09. The number of rotatable bonds is 10. The van der Waals surface area contributed by atoms with Gasteiger partial charge in [0.1, 0.15) is 24.1 Å². The molecule has 0 N–H and O–H groups in total. The smallest absolute Gasteiger partial charge is 0.338 e. The van der Waals surface area contributed by atoms with Crippen molar-refractivity contribution in [2.75, 3.05) is 27.4 Å². The third kappa shape index (κ3) is 5.81. The van der Waals surface area contributed by atoms with E-state index in [1.54, 1.807) is 39.2 Å². The van der Waals surface area contributed by atoms with Crippen molar-refractivity contribution in [1.29, 1.82) is 0 Å². The highest BCUT2D eigenvalue weighted by atomic mass is 32.1. The molecule has 6 rings (SSSR count). The zero-order valence-corrected chi connectivity index (χ0v) is 28.1. The molecule has 0 bridgehead atoms. The molecule has 0 fully saturated rings. The molecule has 0 aliphatic carbocycles. The Morgan fingerprint density at radius 2 is 1.67 bits per heavy atom. The van der Waals surface area contributed by atoms with Crippen molar-refractivity contribution in [1.82, 2.24) is 9.13 Å². The number of aromatic nitrogens is 2. The molecule has 0 amide bonds. The topological polar surface area (TPSA) is 110 Å². The highest BCUT2D eigenvalue weighted by Gasteiger charge is 2.37. The molecule has 3 heterocycles. The van der Waals surface area contributed by atoms with Crippen LogP contribution in [0, 0.1) is 6.92 Å². The van der Waals surface area contributed by atoms with Crippen LogP contribution in [0.2, 0.25) is 0 Å². The van der Waals surface area contributed by atoms with Gasteiger partial charge in [0, 0.05) is 39.4 Å². The predicted octanol–water partition coefficient (Wildman–Crippen LogP) is 4.78. The molecule has 3 aromatic carbocycles. The normalized spacial score (nSPS) is 14.4. The van der Waals surface area contributed by atoms with Crippen LogP contribution in [-0.4, -0.2) is 48.5 Å². The summed E-state index contributed by atoms with van der Waals surface area (Å²) in [5.74, 6) is 0.0568. The van der Waals surface area contributed by atoms with E-state index in [0.29, 0.717) is 37.7 Å². The van der Waals surface area contributed by atoms with E-state index in [9.17, 15) is 14.4 Å². The average molecular weight is 666 g/mol. The maximum atomic E-state index is 14.6. The number of benzene rings is 3. The van der Waals surface area contributed by atoms with E-state index in [1.165, 1.54) is 23.0 Å². The number of nitrogens with zero attached hydrogens (tertiary/aromatic N) is 3. The van der Waals surface area contributed by atoms with Gasteiger partial charge in [-0.25, -0.2) is 9.79 Å². The quantitative estimate of drug-likeness (QED) is 0.198. The molecule has 10 nitrogen and oxygen atoms in total. The average Bonchev–Trinajstić information content (AvgIpc) is 3.56. The van der Waals surface area contributed by atoms with Crippen molar-refractivity contribution >= 4 is 46.0 Å². The van der Waals surface area contributed by atoms with Gasteiger partial charge in [-0.05, 0) is 45.0 Å². The van der Waals surface area contributed by atoms with Crippen LogP contribution >= 0.6 is 11.3 Å². The highest BCUT2D eigenvalue weighted by Crippen LogP contribution is 2.40. The molecular formula is C37H35N3O7S. The summed E-state index contributed by atoms with van der Waals surface area (Å²) < 4.78 is 25.9. The first-order chi connectivity index (χ1) is 23.3. The van der Waals surface area contributed by atoms with Gasteiger partial charge in [0.15, 0.2) is 4.80 Å². The standard InChI is InChI=1S/C37H35N3O7S/c1-6-46-31(41)21-39-22(3)27(25-15-11-12-16-28(25)39)20-30-35(42)40-34(26-18-17-24(44-4)19-29(26)45-5)32(36(43)47-7-2)33(38-37(40)48-30)23-13-9-8-10-14-23/h8-20,34H,6-7,21H2,1-5H3/b30-20-/t34-/m1/s1. The molecule has 11 heteroatoms. The summed E-state index contributed by atoms with van der Waals surface area (Å²) in [6, 6.07) is 21.4. The molecule has 0 saturated carbocycles. The van der Waals surface area contributed by atoms with Crippen LogP contribution < -0.4 is 24.4 Å². The Bertz CT molecular complexity index is 2250. The fraction of sp³-hybridized carbons (Fsp3) is 0.243. The van der Waals surface area contributed by atoms with Gasteiger partial charge in [0.2, 0.25) is 0 Å². The summed E-state index contributed by atoms with van der Waals surface area (Å²) in [6.45, 7) is 5.88. The van der Waals surface area contributed by atoms with Gasteiger partial charge in [-0.2, -0.15) is 0 Å². The minimum atomic E-state index is -0.926. The number of methoxy groups -OCH3 is 2. The minimum absolute atomic E-state index is 0.0376. The predicted molar refractivity (Wildman–Crippen MR) is 184 cm³/mol. The number of esters is 2. The maximum Gasteiger partial charge on any atom is 0.338 e. The molecule has 0 saturated heterocycles. The summed E-state index contributed by atoms with van der Waals surface area (Å²) in [6.07, 6.45) is 1.84. The van der Waals surface area contributed by atoms with Gasteiger partial charge in [0.05, 0.1) is 43.2 Å². The summed E-state index contributed by atoms with van der Waals surface area (Å²) in [5, 5.41) is 0.885. The Labute approximate surface area is 280 Å². The molecule has 1 aliphatic rings. The van der Waals surface area contributed by atoms with Gasteiger partial charge in [-0.15, -0.1) is 0 Å². The fourth-order valence-corrected chi connectivity index (χ4v) is 7.07. The van der Waals surface area contributed by atoms with E-state index in [4.69, 9.17) is 23.9 Å². The van der Waals surface area contributed by atoms with Crippen LogP contribution in [0.5, 0.6) is 11.5 Å². The molecule has 48 heavy (non-hydrogen) atoms. The third-order valence-corrected chi connectivity index (χ3v) is 9.24. The lowest BCUT2D eigenvalue weighted by Gasteiger charge is -2.27. The van der Waals surface area contributed by atoms with E-state index in [-0.39, 0.29) is 36.9 Å². The van der Waals surface area contributed by atoms with Crippen molar-refractivity contribution in [3.63, 3.8) is 0 Å². The Morgan fingerprint density at radius 3 is 2.38 bits per heavy atom. The van der Waals surface area contributed by atoms with Crippen LogP contribution in [0.1, 0.15) is 42.3 Å². The first-order valence-electron chi connectivity index (χ1n) is 15.5. The maximum absolute atomic E-state index is 14.6. The molecule has 1 aliphatic heterocycles. The van der Waals surface area contributed by atoms with Gasteiger partial charge in [0.25, 0.3) is 5.56 Å². The first kappa shape index (κ1) is 32.5. The van der Waals surface area contributed by atoms with Gasteiger partial charge in [-0.3, -0.25) is 14.2 Å². The van der Waals surface area contributed by atoms with Crippen LogP contribution in [-0.2, 0) is 25.6 Å². The molecule has 0 spiro atoms. The van der Waals surface area contributed by atoms with E-state index in [1.807, 2.05) is 72.2 Å². The zero-order valence-electron chi connectivity index (χ0n) is 27.3. The first-order valence-corrected chi connectivity index (χ1v) is 16.4. The molecule has 2 aromatic heterocycles. The largest absolute Gasteiger partial charge is 0.497 e. The second kappa shape index (κ2) is 13.7. The lowest BCUT2D eigenvalue weighted by atomic mass is 9.92. The number of fused-ring (bicyclic) bond motifs is 2. The van der Waals surface area contributed by atoms with E-state index >= 15 is 0 Å². The lowest BCUT2D eigenvalue weighted by Crippen LogP contribution is -2.40. The number of thiazole rings is 1. The van der Waals surface area contributed by atoms with Crippen molar-refractivity contribution in [3.05, 3.63) is 120 Å². The van der Waals surface area contributed by atoms with Gasteiger partial charge < -0.3 is 23.5 Å². The number of ether oxygens (including phenoxy) is 4. The molecule has 1 atom stereocenters. The molecule has 246 valence electrons. The third-order valence-electron chi connectivity index (χ3n) is 8.26. The highest BCUT2D eigenvalue weighted by molar-refractivity contribution is 7.07. The lowest BCUT2D eigenvalue weighted by molar-refractivity contribution is -0.143. The molecule has 0 radical (unpaired) electrons. The van der Waals surface area contributed by atoms with Gasteiger partial charge >= 0.3 is 11.9 Å². The number of hydrogen-bond donors (Lipinski definition) is 0. The Morgan fingerprint density at radius 1 is 0.938 bits per heavy atom. The molecule has 0 unspecified atom stereocenters. The minimum Gasteiger partial charge on any atom is -0.497 e. The fourth-order valence-electron chi connectivity index (χ4n) is 6.09. The summed E-state index contributed by atoms with van der Waals surface area (Å²) in [5.41, 5.74) is 4.01. The number of hydrogen-bond acceptors (Lipinski definition) is 9. The number of para-hydroxylation sites is 1. The SMILES string of the molecule is CCOC(=O)Cn1c(C)c(/C=c2\sc3n(c2=O)[C@H](c2ccc(OC)cc2OC)C(C(=O)OCC)=C(c2ccccc2)N=3)c2ccccc21. The molecular weight excluding hydrogens is 630 g/mol. The second-order valence-electron chi connectivity index (χ2n) is 10.9. The Balaban J connectivity index is 1.65. The summed E-state index contributed by atoms with van der Waals surface area (Å²) >= 11 is 1.23. The zero-order chi connectivity index (χ0) is 33.9. The van der Waals surface area contributed by atoms with E-state index in [0.717, 1.165) is 22.2 Å². The van der Waals surface area contributed by atoms with Crippen LogP contribution in [0.15, 0.2) is 88.2 Å². The second-order valence-corrected chi connectivity index (χ2v) is 12.0. The van der Waals surface area contributed by atoms with Crippen molar-refractivity contribution in [2.24, 2.45) is 4.99 Å². The van der Waals surface area contributed by atoms with Crippen LogP contribution in [0.3, 0.4) is 0 Å². The van der Waals surface area contributed by atoms with Crippen LogP contribution in [0.4, 0.5) is 0 Å². The summed E-state index contributed by atoms with van der Waals surface area (Å²) in [4.78, 5) is 46.3.